The minimum absolute atomic E-state index is 0.274. The molecule has 1 saturated carbocycles. The van der Waals surface area contributed by atoms with Crippen molar-refractivity contribution in [3.63, 3.8) is 0 Å². The summed E-state index contributed by atoms with van der Waals surface area (Å²) in [6.45, 7) is 9.31. The molecule has 0 bridgehead atoms. The lowest BCUT2D eigenvalue weighted by Gasteiger charge is -2.28. The van der Waals surface area contributed by atoms with Crippen LogP contribution < -0.4 is 0 Å². The van der Waals surface area contributed by atoms with Crippen LogP contribution in [0.5, 0.6) is 0 Å². The van der Waals surface area contributed by atoms with Crippen LogP contribution in [0.3, 0.4) is 0 Å². The van der Waals surface area contributed by atoms with Gasteiger partial charge < -0.3 is 0 Å². The number of rotatable bonds is 1. The number of hydrogen-bond donors (Lipinski definition) is 0. The van der Waals surface area contributed by atoms with Crippen LogP contribution >= 0.6 is 0 Å². The van der Waals surface area contributed by atoms with Crippen LogP contribution in [0.4, 0.5) is 0 Å². The minimum atomic E-state index is 0.274. The molecule has 0 saturated heterocycles. The third-order valence-electron chi connectivity index (χ3n) is 4.16. The highest BCUT2D eigenvalue weighted by Gasteiger charge is 2.21. The molecular formula is C17H26. The predicted octanol–water partition coefficient (Wildman–Crippen LogP) is 5.28. The summed E-state index contributed by atoms with van der Waals surface area (Å²) in [6.07, 6.45) is 5.60. The molecule has 94 valence electrons. The van der Waals surface area contributed by atoms with E-state index in [0.29, 0.717) is 0 Å². The molecule has 0 heterocycles. The Balaban J connectivity index is 2.21. The van der Waals surface area contributed by atoms with E-state index < -0.39 is 0 Å². The Bertz CT molecular complexity index is 370. The van der Waals surface area contributed by atoms with Crippen LogP contribution in [0, 0.1) is 5.92 Å². The molecule has 0 radical (unpaired) electrons. The van der Waals surface area contributed by atoms with E-state index in [0.717, 1.165) is 11.8 Å². The van der Waals surface area contributed by atoms with Crippen molar-refractivity contribution in [3.8, 4) is 0 Å². The van der Waals surface area contributed by atoms with E-state index in [1.807, 2.05) is 0 Å². The van der Waals surface area contributed by atoms with Crippen LogP contribution in [0.25, 0.3) is 0 Å². The summed E-state index contributed by atoms with van der Waals surface area (Å²) in [5, 5.41) is 0. The predicted molar refractivity (Wildman–Crippen MR) is 75.5 cm³/mol. The molecule has 2 atom stereocenters. The second-order valence-electron chi connectivity index (χ2n) is 6.84. The lowest BCUT2D eigenvalue weighted by molar-refractivity contribution is 0.344. The molecule has 0 unspecified atom stereocenters. The van der Waals surface area contributed by atoms with Gasteiger partial charge in [0.05, 0.1) is 0 Å². The van der Waals surface area contributed by atoms with E-state index >= 15 is 0 Å². The maximum atomic E-state index is 2.45. The highest BCUT2D eigenvalue weighted by molar-refractivity contribution is 5.31. The van der Waals surface area contributed by atoms with Gasteiger partial charge in [0, 0.05) is 0 Å². The Morgan fingerprint density at radius 2 is 1.88 bits per heavy atom. The summed E-state index contributed by atoms with van der Waals surface area (Å²) in [7, 11) is 0. The molecular weight excluding hydrogens is 204 g/mol. The Morgan fingerprint density at radius 1 is 1.12 bits per heavy atom. The standard InChI is InChI=1S/C17H26/c1-13-7-5-8-14(11-13)15-9-6-10-16(12-15)17(2,3)4/h6,9-10,12-14H,5,7-8,11H2,1-4H3/t13-,14-/m1/s1. The highest BCUT2D eigenvalue weighted by atomic mass is 14.3. The average molecular weight is 230 g/mol. The topological polar surface area (TPSA) is 0 Å². The van der Waals surface area contributed by atoms with Crippen molar-refractivity contribution in [2.75, 3.05) is 0 Å². The summed E-state index contributed by atoms with van der Waals surface area (Å²) in [5.41, 5.74) is 3.33. The molecule has 0 amide bonds. The molecule has 0 spiro atoms. The summed E-state index contributed by atoms with van der Waals surface area (Å²) >= 11 is 0. The SMILES string of the molecule is C[C@@H]1CCC[C@@H](c2cccc(C(C)(C)C)c2)C1. The first kappa shape index (κ1) is 12.7. The van der Waals surface area contributed by atoms with E-state index in [2.05, 4.69) is 52.0 Å². The third kappa shape index (κ3) is 3.12. The molecule has 0 heteroatoms. The molecule has 0 aromatic heterocycles. The summed E-state index contributed by atoms with van der Waals surface area (Å²) < 4.78 is 0. The fourth-order valence-electron chi connectivity index (χ4n) is 3.00. The first-order valence-electron chi connectivity index (χ1n) is 7.07. The first-order chi connectivity index (χ1) is 7.97. The van der Waals surface area contributed by atoms with Gasteiger partial charge in [0.1, 0.15) is 0 Å². The van der Waals surface area contributed by atoms with Gasteiger partial charge in [0.2, 0.25) is 0 Å². The van der Waals surface area contributed by atoms with Gasteiger partial charge in [-0.3, -0.25) is 0 Å². The van der Waals surface area contributed by atoms with Gasteiger partial charge in [-0.2, -0.15) is 0 Å². The van der Waals surface area contributed by atoms with Crippen molar-refractivity contribution < 1.29 is 0 Å². The van der Waals surface area contributed by atoms with E-state index in [1.165, 1.54) is 31.2 Å². The Labute approximate surface area is 106 Å². The van der Waals surface area contributed by atoms with Crippen LogP contribution in [-0.2, 0) is 5.41 Å². The molecule has 0 N–H and O–H groups in total. The van der Waals surface area contributed by atoms with E-state index in [1.54, 1.807) is 5.56 Å². The van der Waals surface area contributed by atoms with Crippen molar-refractivity contribution >= 4 is 0 Å². The van der Waals surface area contributed by atoms with E-state index in [4.69, 9.17) is 0 Å². The Hall–Kier alpha value is -0.780. The maximum absolute atomic E-state index is 2.45. The van der Waals surface area contributed by atoms with Gasteiger partial charge in [-0.25, -0.2) is 0 Å². The van der Waals surface area contributed by atoms with Gasteiger partial charge in [0.25, 0.3) is 0 Å². The van der Waals surface area contributed by atoms with Gasteiger partial charge in [-0.15, -0.1) is 0 Å². The second-order valence-corrected chi connectivity index (χ2v) is 6.84. The minimum Gasteiger partial charge on any atom is -0.0625 e. The lowest BCUT2D eigenvalue weighted by atomic mass is 9.77. The smallest absolute Gasteiger partial charge is 0.0132 e. The number of hydrogen-bond acceptors (Lipinski definition) is 0. The van der Waals surface area contributed by atoms with Crippen molar-refractivity contribution in [2.45, 2.75) is 64.7 Å². The second kappa shape index (κ2) is 4.84. The van der Waals surface area contributed by atoms with Gasteiger partial charge in [0.15, 0.2) is 0 Å². The molecule has 1 aliphatic rings. The largest absolute Gasteiger partial charge is 0.0625 e. The monoisotopic (exact) mass is 230 g/mol. The maximum Gasteiger partial charge on any atom is -0.0132 e. The molecule has 2 rings (SSSR count). The van der Waals surface area contributed by atoms with Crippen molar-refractivity contribution in [1.29, 1.82) is 0 Å². The summed E-state index contributed by atoms with van der Waals surface area (Å²) in [5.74, 6) is 1.72. The van der Waals surface area contributed by atoms with E-state index in [-0.39, 0.29) is 5.41 Å². The van der Waals surface area contributed by atoms with Crippen molar-refractivity contribution in [3.05, 3.63) is 35.4 Å². The number of benzene rings is 1. The quantitative estimate of drug-likeness (QED) is 0.616. The fraction of sp³-hybridized carbons (Fsp3) is 0.647. The Kier molecular flexibility index (Phi) is 3.61. The van der Waals surface area contributed by atoms with Gasteiger partial charge in [-0.1, -0.05) is 64.8 Å². The molecule has 17 heavy (non-hydrogen) atoms. The molecule has 1 fully saturated rings. The molecule has 1 aromatic rings. The van der Waals surface area contributed by atoms with Crippen molar-refractivity contribution in [2.24, 2.45) is 5.92 Å². The van der Waals surface area contributed by atoms with Crippen LogP contribution in [-0.4, -0.2) is 0 Å². The van der Waals surface area contributed by atoms with Crippen LogP contribution in [0.1, 0.15) is 70.4 Å². The highest BCUT2D eigenvalue weighted by Crippen LogP contribution is 2.37. The average Bonchev–Trinajstić information content (AvgIpc) is 2.28. The molecule has 1 aromatic carbocycles. The van der Waals surface area contributed by atoms with Gasteiger partial charge >= 0.3 is 0 Å². The fourth-order valence-corrected chi connectivity index (χ4v) is 3.00. The zero-order chi connectivity index (χ0) is 12.5. The molecule has 0 aliphatic heterocycles. The zero-order valence-electron chi connectivity index (χ0n) is 11.8. The van der Waals surface area contributed by atoms with E-state index in [9.17, 15) is 0 Å². The third-order valence-corrected chi connectivity index (χ3v) is 4.16. The van der Waals surface area contributed by atoms with Gasteiger partial charge in [-0.05, 0) is 41.2 Å². The molecule has 1 aliphatic carbocycles. The van der Waals surface area contributed by atoms with Crippen LogP contribution in [0.2, 0.25) is 0 Å². The van der Waals surface area contributed by atoms with Crippen molar-refractivity contribution in [1.82, 2.24) is 0 Å². The summed E-state index contributed by atoms with van der Waals surface area (Å²) in [6, 6.07) is 9.30. The first-order valence-corrected chi connectivity index (χ1v) is 7.07. The normalized spacial score (nSPS) is 25.9. The van der Waals surface area contributed by atoms with Crippen LogP contribution in [0.15, 0.2) is 24.3 Å². The lowest BCUT2D eigenvalue weighted by Crippen LogP contribution is -2.14. The molecule has 0 nitrogen and oxygen atoms in total. The zero-order valence-corrected chi connectivity index (χ0v) is 11.8. The Morgan fingerprint density at radius 3 is 2.53 bits per heavy atom. The summed E-state index contributed by atoms with van der Waals surface area (Å²) in [4.78, 5) is 0.